The van der Waals surface area contributed by atoms with Crippen LogP contribution in [0.4, 0.5) is 5.82 Å². The van der Waals surface area contributed by atoms with Crippen molar-refractivity contribution < 1.29 is 0 Å². The van der Waals surface area contributed by atoms with E-state index in [1.807, 2.05) is 35.7 Å². The molecule has 0 spiro atoms. The number of benzene rings is 1. The molecule has 0 saturated carbocycles. The lowest BCUT2D eigenvalue weighted by molar-refractivity contribution is 0.985. The zero-order chi connectivity index (χ0) is 15.6. The Bertz CT molecular complexity index is 982. The summed E-state index contributed by atoms with van der Waals surface area (Å²) in [6.45, 7) is 2.87. The SMILES string of the molecule is CCNc1nc(Sc2ncnc3sccc23)nc2ccccc12. The van der Waals surface area contributed by atoms with Crippen LogP contribution in [0.3, 0.4) is 0 Å². The summed E-state index contributed by atoms with van der Waals surface area (Å²) in [6.07, 6.45) is 1.59. The highest BCUT2D eigenvalue weighted by atomic mass is 32.2. The Labute approximate surface area is 141 Å². The zero-order valence-corrected chi connectivity index (χ0v) is 14.0. The van der Waals surface area contributed by atoms with Crippen LogP contribution in [-0.4, -0.2) is 26.5 Å². The fourth-order valence-electron chi connectivity index (χ4n) is 2.34. The molecule has 0 saturated heterocycles. The molecule has 4 rings (SSSR count). The lowest BCUT2D eigenvalue weighted by atomic mass is 10.2. The molecule has 1 N–H and O–H groups in total. The van der Waals surface area contributed by atoms with Crippen molar-refractivity contribution >= 4 is 50.0 Å². The first-order chi connectivity index (χ1) is 11.3. The average Bonchev–Trinajstić information content (AvgIpc) is 3.05. The fraction of sp³-hybridized carbons (Fsp3) is 0.125. The minimum Gasteiger partial charge on any atom is -0.370 e. The molecule has 0 amide bonds. The van der Waals surface area contributed by atoms with Gasteiger partial charge in [0.15, 0.2) is 5.16 Å². The van der Waals surface area contributed by atoms with E-state index in [-0.39, 0.29) is 0 Å². The summed E-state index contributed by atoms with van der Waals surface area (Å²) >= 11 is 3.08. The van der Waals surface area contributed by atoms with Crippen LogP contribution in [0.25, 0.3) is 21.1 Å². The molecule has 3 aromatic heterocycles. The molecule has 0 aliphatic carbocycles. The molecule has 0 bridgehead atoms. The van der Waals surface area contributed by atoms with Crippen LogP contribution in [-0.2, 0) is 0 Å². The van der Waals surface area contributed by atoms with E-state index in [1.54, 1.807) is 17.7 Å². The van der Waals surface area contributed by atoms with Gasteiger partial charge in [0.1, 0.15) is 22.0 Å². The normalized spacial score (nSPS) is 11.2. The molecule has 1 aromatic carbocycles. The molecular weight excluding hydrogens is 326 g/mol. The van der Waals surface area contributed by atoms with Crippen molar-refractivity contribution in [1.29, 1.82) is 0 Å². The number of hydrogen-bond donors (Lipinski definition) is 1. The standard InChI is InChI=1S/C16H13N5S2/c1-2-17-13-10-5-3-4-6-12(10)20-16(21-13)23-15-11-7-8-22-14(11)18-9-19-15/h3-9H,2H2,1H3,(H,17,20,21). The number of anilines is 1. The molecule has 0 aliphatic rings. The smallest absolute Gasteiger partial charge is 0.196 e. The summed E-state index contributed by atoms with van der Waals surface area (Å²) in [6, 6.07) is 10.1. The van der Waals surface area contributed by atoms with Gasteiger partial charge in [0.2, 0.25) is 0 Å². The third-order valence-corrected chi connectivity index (χ3v) is 5.04. The topological polar surface area (TPSA) is 63.6 Å². The second kappa shape index (κ2) is 6.10. The Balaban J connectivity index is 1.81. The number of rotatable bonds is 4. The molecule has 114 valence electrons. The summed E-state index contributed by atoms with van der Waals surface area (Å²) in [5.74, 6) is 0.858. The van der Waals surface area contributed by atoms with Crippen molar-refractivity contribution in [3.8, 4) is 0 Å². The minimum absolute atomic E-state index is 0.686. The van der Waals surface area contributed by atoms with E-state index in [4.69, 9.17) is 0 Å². The second-order valence-electron chi connectivity index (χ2n) is 4.82. The van der Waals surface area contributed by atoms with E-state index in [1.165, 1.54) is 11.8 Å². The van der Waals surface area contributed by atoms with Crippen molar-refractivity contribution in [2.45, 2.75) is 17.1 Å². The van der Waals surface area contributed by atoms with Gasteiger partial charge in [-0.15, -0.1) is 11.3 Å². The monoisotopic (exact) mass is 339 g/mol. The second-order valence-corrected chi connectivity index (χ2v) is 6.67. The first-order valence-corrected chi connectivity index (χ1v) is 8.91. The molecule has 5 nitrogen and oxygen atoms in total. The van der Waals surface area contributed by atoms with Crippen molar-refractivity contribution in [1.82, 2.24) is 19.9 Å². The summed E-state index contributed by atoms with van der Waals surface area (Å²) in [7, 11) is 0. The maximum atomic E-state index is 4.66. The number of fused-ring (bicyclic) bond motifs is 2. The van der Waals surface area contributed by atoms with Gasteiger partial charge < -0.3 is 5.32 Å². The van der Waals surface area contributed by atoms with Crippen LogP contribution in [0.5, 0.6) is 0 Å². The van der Waals surface area contributed by atoms with Crippen LogP contribution >= 0.6 is 23.1 Å². The van der Waals surface area contributed by atoms with E-state index in [2.05, 4.69) is 32.2 Å². The molecule has 0 radical (unpaired) electrons. The fourth-order valence-corrected chi connectivity index (χ4v) is 3.96. The van der Waals surface area contributed by atoms with Gasteiger partial charge in [-0.3, -0.25) is 0 Å². The first kappa shape index (κ1) is 14.3. The number of nitrogens with zero attached hydrogens (tertiary/aromatic N) is 4. The summed E-state index contributed by atoms with van der Waals surface area (Å²) in [5, 5.41) is 8.98. The molecule has 23 heavy (non-hydrogen) atoms. The predicted octanol–water partition coefficient (Wildman–Crippen LogP) is 4.22. The average molecular weight is 339 g/mol. The van der Waals surface area contributed by atoms with E-state index >= 15 is 0 Å². The molecule has 0 aliphatic heterocycles. The molecule has 7 heteroatoms. The number of para-hydroxylation sites is 1. The highest BCUT2D eigenvalue weighted by Gasteiger charge is 2.11. The highest BCUT2D eigenvalue weighted by molar-refractivity contribution is 7.99. The molecule has 4 aromatic rings. The Hall–Kier alpha value is -2.25. The highest BCUT2D eigenvalue weighted by Crippen LogP contribution is 2.33. The molecule has 3 heterocycles. The van der Waals surface area contributed by atoms with Gasteiger partial charge in [0.25, 0.3) is 0 Å². The zero-order valence-electron chi connectivity index (χ0n) is 12.4. The predicted molar refractivity (Wildman–Crippen MR) is 95.2 cm³/mol. The van der Waals surface area contributed by atoms with Crippen molar-refractivity contribution in [2.24, 2.45) is 0 Å². The van der Waals surface area contributed by atoms with Crippen LogP contribution in [0.2, 0.25) is 0 Å². The van der Waals surface area contributed by atoms with E-state index in [0.717, 1.165) is 38.5 Å². The largest absolute Gasteiger partial charge is 0.370 e. The quantitative estimate of drug-likeness (QED) is 0.444. The third kappa shape index (κ3) is 2.73. The third-order valence-electron chi connectivity index (χ3n) is 3.34. The van der Waals surface area contributed by atoms with Crippen molar-refractivity contribution in [2.75, 3.05) is 11.9 Å². The van der Waals surface area contributed by atoms with E-state index in [0.29, 0.717) is 5.16 Å². The summed E-state index contributed by atoms with van der Waals surface area (Å²) in [5.41, 5.74) is 0.927. The van der Waals surface area contributed by atoms with Gasteiger partial charge in [0.05, 0.1) is 5.52 Å². The molecule has 0 unspecified atom stereocenters. The van der Waals surface area contributed by atoms with Crippen LogP contribution in [0.1, 0.15) is 6.92 Å². The van der Waals surface area contributed by atoms with Crippen LogP contribution in [0.15, 0.2) is 52.2 Å². The Morgan fingerprint density at radius 1 is 1.09 bits per heavy atom. The number of thiophene rings is 1. The van der Waals surface area contributed by atoms with Gasteiger partial charge >= 0.3 is 0 Å². The maximum Gasteiger partial charge on any atom is 0.196 e. The van der Waals surface area contributed by atoms with E-state index < -0.39 is 0 Å². The van der Waals surface area contributed by atoms with Crippen molar-refractivity contribution in [3.05, 3.63) is 42.0 Å². The number of nitrogens with one attached hydrogen (secondary N) is 1. The molecule has 0 atom stereocenters. The van der Waals surface area contributed by atoms with Gasteiger partial charge in [-0.2, -0.15) is 0 Å². The van der Waals surface area contributed by atoms with Gasteiger partial charge in [-0.1, -0.05) is 12.1 Å². The lowest BCUT2D eigenvalue weighted by Crippen LogP contribution is -2.02. The Morgan fingerprint density at radius 3 is 2.91 bits per heavy atom. The van der Waals surface area contributed by atoms with E-state index in [9.17, 15) is 0 Å². The number of hydrogen-bond acceptors (Lipinski definition) is 7. The molecule has 0 fully saturated rings. The number of aromatic nitrogens is 4. The molecular formula is C16H13N5S2. The van der Waals surface area contributed by atoms with Gasteiger partial charge in [-0.05, 0) is 42.3 Å². The lowest BCUT2D eigenvalue weighted by Gasteiger charge is -2.09. The minimum atomic E-state index is 0.686. The van der Waals surface area contributed by atoms with Gasteiger partial charge in [0, 0.05) is 17.3 Å². The Kier molecular flexibility index (Phi) is 3.80. The summed E-state index contributed by atoms with van der Waals surface area (Å²) in [4.78, 5) is 19.0. The van der Waals surface area contributed by atoms with Gasteiger partial charge in [-0.25, -0.2) is 19.9 Å². The van der Waals surface area contributed by atoms with Crippen molar-refractivity contribution in [3.63, 3.8) is 0 Å². The van der Waals surface area contributed by atoms with Crippen LogP contribution < -0.4 is 5.32 Å². The van der Waals surface area contributed by atoms with Crippen LogP contribution in [0, 0.1) is 0 Å². The Morgan fingerprint density at radius 2 is 2.00 bits per heavy atom. The first-order valence-electron chi connectivity index (χ1n) is 7.22. The maximum absolute atomic E-state index is 4.66. The summed E-state index contributed by atoms with van der Waals surface area (Å²) < 4.78 is 0.